The largest absolute Gasteiger partial charge is 0.481 e. The highest BCUT2D eigenvalue weighted by Crippen LogP contribution is 2.32. The van der Waals surface area contributed by atoms with E-state index in [1.165, 1.54) is 0 Å². The molecular formula is C14H13NO3. The zero-order valence-corrected chi connectivity index (χ0v) is 9.99. The van der Waals surface area contributed by atoms with Crippen molar-refractivity contribution in [3.05, 3.63) is 35.0 Å². The van der Waals surface area contributed by atoms with Crippen LogP contribution >= 0.6 is 0 Å². The molecule has 3 rings (SSSR count). The number of carboxylic acid groups (broad SMARTS) is 1. The van der Waals surface area contributed by atoms with E-state index in [-0.39, 0.29) is 12.2 Å². The van der Waals surface area contributed by atoms with Crippen LogP contribution < -0.4 is 0 Å². The Morgan fingerprint density at radius 3 is 2.89 bits per heavy atom. The average Bonchev–Trinajstić information content (AvgIpc) is 2.66. The van der Waals surface area contributed by atoms with Crippen molar-refractivity contribution >= 4 is 22.7 Å². The van der Waals surface area contributed by atoms with Crippen LogP contribution in [0.25, 0.3) is 10.9 Å². The van der Waals surface area contributed by atoms with Crippen molar-refractivity contribution in [1.29, 1.82) is 0 Å². The molecule has 1 aromatic carbocycles. The number of H-pyrrole nitrogens is 1. The Kier molecular flexibility index (Phi) is 2.26. The third-order valence-corrected chi connectivity index (χ3v) is 3.54. The molecule has 4 nitrogen and oxygen atoms in total. The highest BCUT2D eigenvalue weighted by Gasteiger charge is 2.32. The first-order valence-corrected chi connectivity index (χ1v) is 5.93. The topological polar surface area (TPSA) is 70.2 Å². The number of hydrogen-bond acceptors (Lipinski definition) is 2. The van der Waals surface area contributed by atoms with Crippen molar-refractivity contribution < 1.29 is 14.7 Å². The quantitative estimate of drug-likeness (QED) is 0.807. The van der Waals surface area contributed by atoms with E-state index >= 15 is 0 Å². The van der Waals surface area contributed by atoms with Crippen LogP contribution in [0, 0.1) is 12.8 Å². The fourth-order valence-corrected chi connectivity index (χ4v) is 2.65. The third kappa shape index (κ3) is 1.53. The van der Waals surface area contributed by atoms with E-state index in [0.717, 1.165) is 22.2 Å². The molecule has 4 heteroatoms. The van der Waals surface area contributed by atoms with E-state index in [2.05, 4.69) is 4.98 Å². The van der Waals surface area contributed by atoms with Crippen LogP contribution in [0.4, 0.5) is 0 Å². The number of aliphatic carboxylic acids is 1. The molecular weight excluding hydrogens is 230 g/mol. The van der Waals surface area contributed by atoms with Crippen molar-refractivity contribution in [3.63, 3.8) is 0 Å². The Morgan fingerprint density at radius 1 is 1.39 bits per heavy atom. The lowest BCUT2D eigenvalue weighted by atomic mass is 9.86. The van der Waals surface area contributed by atoms with E-state index in [1.54, 1.807) is 0 Å². The first-order valence-electron chi connectivity index (χ1n) is 5.93. The van der Waals surface area contributed by atoms with Gasteiger partial charge in [-0.2, -0.15) is 0 Å². The van der Waals surface area contributed by atoms with Gasteiger partial charge in [0.25, 0.3) is 0 Å². The van der Waals surface area contributed by atoms with E-state index in [9.17, 15) is 9.59 Å². The molecule has 0 amide bonds. The van der Waals surface area contributed by atoms with Crippen LogP contribution in [0.3, 0.4) is 0 Å². The number of aryl methyl sites for hydroxylation is 1. The summed E-state index contributed by atoms with van der Waals surface area (Å²) in [6.45, 7) is 1.98. The molecule has 2 N–H and O–H groups in total. The first-order chi connectivity index (χ1) is 8.56. The van der Waals surface area contributed by atoms with Crippen LogP contribution in [-0.2, 0) is 11.2 Å². The van der Waals surface area contributed by atoms with Gasteiger partial charge >= 0.3 is 5.97 Å². The molecule has 0 saturated carbocycles. The molecule has 1 aliphatic carbocycles. The number of aromatic nitrogens is 1. The van der Waals surface area contributed by atoms with Gasteiger partial charge in [0.2, 0.25) is 0 Å². The Morgan fingerprint density at radius 2 is 2.17 bits per heavy atom. The van der Waals surface area contributed by atoms with E-state index in [4.69, 9.17) is 5.11 Å². The molecule has 0 saturated heterocycles. The summed E-state index contributed by atoms with van der Waals surface area (Å²) in [7, 11) is 0. The SMILES string of the molecule is Cc1ccc2[nH]c3c(c2c1)C(=O)CC(C(=O)O)C3. The highest BCUT2D eigenvalue weighted by atomic mass is 16.4. The Labute approximate surface area is 104 Å². The number of carboxylic acids is 1. The number of aromatic amines is 1. The molecule has 1 atom stereocenters. The van der Waals surface area contributed by atoms with Crippen molar-refractivity contribution in [2.45, 2.75) is 19.8 Å². The third-order valence-electron chi connectivity index (χ3n) is 3.54. The maximum atomic E-state index is 12.1. The van der Waals surface area contributed by atoms with Gasteiger partial charge in [0, 0.05) is 35.0 Å². The monoisotopic (exact) mass is 243 g/mol. The van der Waals surface area contributed by atoms with Crippen LogP contribution in [0.5, 0.6) is 0 Å². The molecule has 0 spiro atoms. The number of ketones is 1. The maximum Gasteiger partial charge on any atom is 0.307 e. The number of fused-ring (bicyclic) bond motifs is 3. The second-order valence-electron chi connectivity index (χ2n) is 4.89. The van der Waals surface area contributed by atoms with Crippen LogP contribution in [-0.4, -0.2) is 21.8 Å². The molecule has 92 valence electrons. The summed E-state index contributed by atoms with van der Waals surface area (Å²) in [5.74, 6) is -1.57. The van der Waals surface area contributed by atoms with E-state index in [0.29, 0.717) is 12.0 Å². The van der Waals surface area contributed by atoms with Gasteiger partial charge < -0.3 is 10.1 Å². The summed E-state index contributed by atoms with van der Waals surface area (Å²) in [5, 5.41) is 9.95. The molecule has 0 bridgehead atoms. The van der Waals surface area contributed by atoms with E-state index in [1.807, 2.05) is 25.1 Å². The van der Waals surface area contributed by atoms with E-state index < -0.39 is 11.9 Å². The predicted octanol–water partition coefficient (Wildman–Crippen LogP) is 2.31. The average molecular weight is 243 g/mol. The molecule has 0 aliphatic heterocycles. The van der Waals surface area contributed by atoms with Crippen molar-refractivity contribution in [2.24, 2.45) is 5.92 Å². The minimum Gasteiger partial charge on any atom is -0.481 e. The second-order valence-corrected chi connectivity index (χ2v) is 4.89. The lowest BCUT2D eigenvalue weighted by Gasteiger charge is -2.17. The number of carbonyl (C=O) groups is 2. The summed E-state index contributed by atoms with van der Waals surface area (Å²) in [4.78, 5) is 26.3. The molecule has 1 unspecified atom stereocenters. The molecule has 1 heterocycles. The summed E-state index contributed by atoms with van der Waals surface area (Å²) < 4.78 is 0. The predicted molar refractivity (Wildman–Crippen MR) is 66.8 cm³/mol. The Balaban J connectivity index is 2.20. The van der Waals surface area contributed by atoms with Gasteiger partial charge in [-0.3, -0.25) is 9.59 Å². The lowest BCUT2D eigenvalue weighted by Crippen LogP contribution is -2.25. The van der Waals surface area contributed by atoms with Gasteiger partial charge in [-0.15, -0.1) is 0 Å². The fraction of sp³-hybridized carbons (Fsp3) is 0.286. The van der Waals surface area contributed by atoms with Crippen LogP contribution in [0.1, 0.15) is 28.0 Å². The van der Waals surface area contributed by atoms with Crippen molar-refractivity contribution in [1.82, 2.24) is 4.98 Å². The van der Waals surface area contributed by atoms with Gasteiger partial charge in [0.1, 0.15) is 0 Å². The number of benzene rings is 1. The summed E-state index contributed by atoms with van der Waals surface area (Å²) in [6, 6.07) is 5.89. The summed E-state index contributed by atoms with van der Waals surface area (Å²) >= 11 is 0. The van der Waals surface area contributed by atoms with Crippen molar-refractivity contribution in [3.8, 4) is 0 Å². The zero-order chi connectivity index (χ0) is 12.9. The number of carbonyl (C=O) groups excluding carboxylic acids is 1. The number of rotatable bonds is 1. The number of hydrogen-bond donors (Lipinski definition) is 2. The molecule has 0 radical (unpaired) electrons. The second kappa shape index (κ2) is 3.70. The molecule has 18 heavy (non-hydrogen) atoms. The molecule has 2 aromatic rings. The summed E-state index contributed by atoms with van der Waals surface area (Å²) in [5.41, 5.74) is 3.45. The number of nitrogens with one attached hydrogen (secondary N) is 1. The normalized spacial score (nSPS) is 18.9. The Hall–Kier alpha value is -2.10. The lowest BCUT2D eigenvalue weighted by molar-refractivity contribution is -0.141. The van der Waals surface area contributed by atoms with Gasteiger partial charge in [0.15, 0.2) is 5.78 Å². The standard InChI is InChI=1S/C14H13NO3/c1-7-2-3-10-9(4-7)13-11(15-10)5-8(14(17)18)6-12(13)16/h2-4,8,15H,5-6H2,1H3,(H,17,18). The zero-order valence-electron chi connectivity index (χ0n) is 9.99. The maximum absolute atomic E-state index is 12.1. The van der Waals surface area contributed by atoms with Crippen LogP contribution in [0.2, 0.25) is 0 Å². The van der Waals surface area contributed by atoms with Crippen molar-refractivity contribution in [2.75, 3.05) is 0 Å². The van der Waals surface area contributed by atoms with Gasteiger partial charge in [0.05, 0.1) is 5.92 Å². The fourth-order valence-electron chi connectivity index (χ4n) is 2.65. The van der Waals surface area contributed by atoms with Gasteiger partial charge in [-0.05, 0) is 19.1 Å². The first kappa shape index (κ1) is 11.0. The molecule has 1 aromatic heterocycles. The minimum absolute atomic E-state index is 0.0690. The molecule has 1 aliphatic rings. The van der Waals surface area contributed by atoms with Gasteiger partial charge in [-0.1, -0.05) is 11.6 Å². The highest BCUT2D eigenvalue weighted by molar-refractivity contribution is 6.11. The molecule has 0 fully saturated rings. The summed E-state index contributed by atoms with van der Waals surface area (Å²) in [6.07, 6.45) is 0.507. The number of Topliss-reactive ketones (excluding diaryl/α,β-unsaturated/α-hetero) is 1. The smallest absolute Gasteiger partial charge is 0.307 e. The van der Waals surface area contributed by atoms with Crippen LogP contribution in [0.15, 0.2) is 18.2 Å². The minimum atomic E-state index is -0.899. The van der Waals surface area contributed by atoms with Gasteiger partial charge in [-0.25, -0.2) is 0 Å². The Bertz CT molecular complexity index is 669.